The van der Waals surface area contributed by atoms with Gasteiger partial charge in [0.1, 0.15) is 12.4 Å². The van der Waals surface area contributed by atoms with E-state index in [1.54, 1.807) is 12.1 Å². The van der Waals surface area contributed by atoms with Crippen LogP contribution in [0.1, 0.15) is 28.5 Å². The third-order valence-corrected chi connectivity index (χ3v) is 6.79. The van der Waals surface area contributed by atoms with Crippen molar-refractivity contribution in [2.24, 2.45) is 5.10 Å². The second-order valence-corrected chi connectivity index (χ2v) is 9.40. The van der Waals surface area contributed by atoms with E-state index in [0.29, 0.717) is 17.7 Å². The van der Waals surface area contributed by atoms with Crippen LogP contribution < -0.4 is 5.32 Å². The minimum Gasteiger partial charge on any atom is -0.383 e. The first-order valence-corrected chi connectivity index (χ1v) is 12.4. The van der Waals surface area contributed by atoms with Gasteiger partial charge in [0, 0.05) is 25.8 Å². The largest absolute Gasteiger partial charge is 0.416 e. The molecule has 1 N–H and O–H groups in total. The maximum absolute atomic E-state index is 13.5. The number of benzene rings is 2. The lowest BCUT2D eigenvalue weighted by molar-refractivity contribution is -0.137. The van der Waals surface area contributed by atoms with Crippen LogP contribution in [0.3, 0.4) is 0 Å². The summed E-state index contributed by atoms with van der Waals surface area (Å²) in [6, 6.07) is 12.4. The van der Waals surface area contributed by atoms with E-state index in [9.17, 15) is 27.2 Å². The third-order valence-electron chi connectivity index (χ3n) is 5.87. The van der Waals surface area contributed by atoms with E-state index in [0.717, 1.165) is 29.1 Å². The average Bonchev–Trinajstić information content (AvgIpc) is 3.57. The highest BCUT2D eigenvalue weighted by molar-refractivity contribution is 7.12. The van der Waals surface area contributed by atoms with Crippen LogP contribution in [0.4, 0.5) is 28.0 Å². The first-order chi connectivity index (χ1) is 18.2. The second kappa shape index (κ2) is 11.7. The number of ether oxygens (including phenoxy) is 1. The van der Waals surface area contributed by atoms with Gasteiger partial charge in [-0.2, -0.15) is 18.3 Å². The summed E-state index contributed by atoms with van der Waals surface area (Å²) in [5.74, 6) is -0.890. The molecule has 0 radical (unpaired) electrons. The lowest BCUT2D eigenvalue weighted by Gasteiger charge is -2.27. The molecule has 0 saturated heterocycles. The number of amides is 3. The van der Waals surface area contributed by atoms with Gasteiger partial charge in [0.15, 0.2) is 0 Å². The standard InChI is InChI=1S/C26H24F4N4O3S/c1-37-13-12-33(25(36)31-20-10-6-18(7-11-20)26(28,29)30)16-24(35)34-22(17-4-8-19(27)9-5-17)15-21(32-34)23-3-2-14-38-23/h2-11,14,22H,12-13,15-16H2,1H3,(H,31,36). The Balaban J connectivity index is 1.53. The molecule has 3 amide bonds. The Hall–Kier alpha value is -3.77. The van der Waals surface area contributed by atoms with Gasteiger partial charge in [-0.1, -0.05) is 18.2 Å². The number of thiophene rings is 1. The van der Waals surface area contributed by atoms with Crippen LogP contribution in [0.5, 0.6) is 0 Å². The number of alkyl halides is 3. The summed E-state index contributed by atoms with van der Waals surface area (Å²) in [5.41, 5.74) is 0.677. The van der Waals surface area contributed by atoms with Crippen molar-refractivity contribution in [1.29, 1.82) is 0 Å². The lowest BCUT2D eigenvalue weighted by atomic mass is 10.0. The number of methoxy groups -OCH3 is 1. The third kappa shape index (κ3) is 6.56. The number of rotatable bonds is 8. The molecule has 1 aliphatic rings. The van der Waals surface area contributed by atoms with Gasteiger partial charge in [-0.25, -0.2) is 14.2 Å². The number of halogens is 4. The van der Waals surface area contributed by atoms with Crippen molar-refractivity contribution in [3.63, 3.8) is 0 Å². The minimum atomic E-state index is -4.50. The molecule has 200 valence electrons. The molecule has 1 atom stereocenters. The lowest BCUT2D eigenvalue weighted by Crippen LogP contribution is -2.44. The van der Waals surface area contributed by atoms with Gasteiger partial charge in [0.05, 0.1) is 28.8 Å². The fourth-order valence-electron chi connectivity index (χ4n) is 3.91. The summed E-state index contributed by atoms with van der Waals surface area (Å²) in [6.45, 7) is -0.196. The molecule has 2 heterocycles. The summed E-state index contributed by atoms with van der Waals surface area (Å²) >= 11 is 1.48. The van der Waals surface area contributed by atoms with E-state index >= 15 is 0 Å². The van der Waals surface area contributed by atoms with Crippen molar-refractivity contribution in [3.05, 3.63) is 87.9 Å². The number of hydrogen-bond donors (Lipinski definition) is 1. The first-order valence-electron chi connectivity index (χ1n) is 11.6. The number of hydrogen-bond acceptors (Lipinski definition) is 5. The molecule has 12 heteroatoms. The summed E-state index contributed by atoms with van der Waals surface area (Å²) in [7, 11) is 1.44. The molecule has 3 aromatic rings. The van der Waals surface area contributed by atoms with Gasteiger partial charge in [0.25, 0.3) is 5.91 Å². The molecule has 0 fully saturated rings. The second-order valence-electron chi connectivity index (χ2n) is 8.45. The van der Waals surface area contributed by atoms with Crippen LogP contribution in [0, 0.1) is 5.82 Å². The zero-order chi connectivity index (χ0) is 27.3. The van der Waals surface area contributed by atoms with Gasteiger partial charge in [-0.3, -0.25) is 4.79 Å². The van der Waals surface area contributed by atoms with Gasteiger partial charge in [-0.15, -0.1) is 11.3 Å². The number of nitrogens with one attached hydrogen (secondary N) is 1. The zero-order valence-corrected chi connectivity index (χ0v) is 21.1. The SMILES string of the molecule is COCCN(CC(=O)N1N=C(c2cccs2)CC1c1ccc(F)cc1)C(=O)Nc1ccc(C(F)(F)F)cc1. The molecule has 0 aliphatic carbocycles. The van der Waals surface area contributed by atoms with E-state index in [1.165, 1.54) is 40.5 Å². The number of hydrazone groups is 1. The summed E-state index contributed by atoms with van der Waals surface area (Å²) in [5, 5.41) is 10.3. The molecule has 0 spiro atoms. The Morgan fingerprint density at radius 3 is 2.45 bits per heavy atom. The molecule has 1 unspecified atom stereocenters. The normalized spacial score (nSPS) is 15.3. The molecule has 7 nitrogen and oxygen atoms in total. The number of nitrogens with zero attached hydrogens (tertiary/aromatic N) is 3. The van der Waals surface area contributed by atoms with E-state index in [1.807, 2.05) is 17.5 Å². The number of carbonyl (C=O) groups excluding carboxylic acids is 2. The maximum Gasteiger partial charge on any atom is 0.416 e. The predicted molar refractivity (Wildman–Crippen MR) is 135 cm³/mol. The van der Waals surface area contributed by atoms with Crippen LogP contribution in [0.15, 0.2) is 71.1 Å². The smallest absolute Gasteiger partial charge is 0.383 e. The Morgan fingerprint density at radius 1 is 1.13 bits per heavy atom. The molecule has 38 heavy (non-hydrogen) atoms. The molecule has 4 rings (SSSR count). The topological polar surface area (TPSA) is 74.2 Å². The Morgan fingerprint density at radius 2 is 1.84 bits per heavy atom. The van der Waals surface area contributed by atoms with Crippen molar-refractivity contribution in [2.75, 3.05) is 32.1 Å². The maximum atomic E-state index is 13.5. The Labute approximate surface area is 220 Å². The van der Waals surface area contributed by atoms with Crippen LogP contribution in [-0.2, 0) is 15.7 Å². The van der Waals surface area contributed by atoms with E-state index in [4.69, 9.17) is 4.74 Å². The first kappa shape index (κ1) is 27.3. The van der Waals surface area contributed by atoms with Crippen LogP contribution in [-0.4, -0.2) is 54.4 Å². The Kier molecular flexibility index (Phi) is 8.42. The van der Waals surface area contributed by atoms with Gasteiger partial charge in [-0.05, 0) is 53.4 Å². The monoisotopic (exact) mass is 548 g/mol. The highest BCUT2D eigenvalue weighted by Gasteiger charge is 2.35. The van der Waals surface area contributed by atoms with Crippen LogP contribution >= 0.6 is 11.3 Å². The van der Waals surface area contributed by atoms with E-state index in [-0.39, 0.29) is 25.4 Å². The number of urea groups is 1. The summed E-state index contributed by atoms with van der Waals surface area (Å²) in [6.07, 6.45) is -4.09. The van der Waals surface area contributed by atoms with Crippen molar-refractivity contribution in [3.8, 4) is 0 Å². The molecular weight excluding hydrogens is 524 g/mol. The van der Waals surface area contributed by atoms with Crippen LogP contribution in [0.25, 0.3) is 0 Å². The summed E-state index contributed by atoms with van der Waals surface area (Å²) in [4.78, 5) is 28.5. The van der Waals surface area contributed by atoms with Gasteiger partial charge in [0.2, 0.25) is 0 Å². The van der Waals surface area contributed by atoms with Gasteiger partial charge < -0.3 is 15.0 Å². The fraction of sp³-hybridized carbons (Fsp3) is 0.269. The number of anilines is 1. The van der Waals surface area contributed by atoms with Crippen molar-refractivity contribution >= 4 is 34.7 Å². The van der Waals surface area contributed by atoms with E-state index in [2.05, 4.69) is 10.4 Å². The van der Waals surface area contributed by atoms with Crippen molar-refractivity contribution in [2.45, 2.75) is 18.6 Å². The average molecular weight is 549 g/mol. The van der Waals surface area contributed by atoms with E-state index < -0.39 is 35.5 Å². The highest BCUT2D eigenvalue weighted by atomic mass is 32.1. The molecule has 0 saturated carbocycles. The molecule has 1 aliphatic heterocycles. The highest BCUT2D eigenvalue weighted by Crippen LogP contribution is 2.34. The molecular formula is C26H24F4N4O3S. The fourth-order valence-corrected chi connectivity index (χ4v) is 4.63. The van der Waals surface area contributed by atoms with Crippen molar-refractivity contribution in [1.82, 2.24) is 9.91 Å². The van der Waals surface area contributed by atoms with Crippen LogP contribution in [0.2, 0.25) is 0 Å². The summed E-state index contributed by atoms with van der Waals surface area (Å²) < 4.78 is 57.2. The minimum absolute atomic E-state index is 0.0469. The molecule has 1 aromatic heterocycles. The molecule has 0 bridgehead atoms. The molecule has 2 aromatic carbocycles. The van der Waals surface area contributed by atoms with Gasteiger partial charge >= 0.3 is 12.2 Å². The quantitative estimate of drug-likeness (QED) is 0.364. The Bertz CT molecular complexity index is 1280. The zero-order valence-electron chi connectivity index (χ0n) is 20.2. The predicted octanol–water partition coefficient (Wildman–Crippen LogP) is 5.76. The van der Waals surface area contributed by atoms with Crippen molar-refractivity contribution < 1.29 is 31.9 Å². The number of carbonyl (C=O) groups is 2.